The summed E-state index contributed by atoms with van der Waals surface area (Å²) in [5.41, 5.74) is 3.20. The topological polar surface area (TPSA) is 103 Å². The largest absolute Gasteiger partial charge is 0.494 e. The van der Waals surface area contributed by atoms with Gasteiger partial charge >= 0.3 is 0 Å². The summed E-state index contributed by atoms with van der Waals surface area (Å²) in [6.45, 7) is 8.70. The molecule has 2 heterocycles. The normalized spacial score (nSPS) is 15.4. The van der Waals surface area contributed by atoms with Crippen LogP contribution in [0.25, 0.3) is 0 Å². The quantitative estimate of drug-likeness (QED) is 0.180. The number of ether oxygens (including phenoxy) is 1. The summed E-state index contributed by atoms with van der Waals surface area (Å²) in [5, 5.41) is 6.81. The van der Waals surface area contributed by atoms with Crippen molar-refractivity contribution in [3.8, 4) is 5.75 Å². The summed E-state index contributed by atoms with van der Waals surface area (Å²) in [4.78, 5) is 25.7. The van der Waals surface area contributed by atoms with Crippen LogP contribution in [0.3, 0.4) is 0 Å². The Labute approximate surface area is 246 Å². The molecule has 0 spiro atoms. The fourth-order valence-corrected chi connectivity index (χ4v) is 6.27. The van der Waals surface area contributed by atoms with E-state index in [1.165, 1.54) is 10.5 Å². The Morgan fingerprint density at radius 1 is 1.20 bits per heavy atom. The molecule has 2 aromatic carbocycles. The predicted molar refractivity (Wildman–Crippen MR) is 170 cm³/mol. The maximum Gasteiger partial charge on any atom is 0.247 e. The Kier molecular flexibility index (Phi) is 9.58. The zero-order valence-electron chi connectivity index (χ0n) is 24.1. The molecule has 1 amide bonds. The van der Waals surface area contributed by atoms with E-state index in [1.807, 2.05) is 36.4 Å². The minimum absolute atomic E-state index is 0.307. The third-order valence-electron chi connectivity index (χ3n) is 7.01. The molecule has 0 aliphatic carbocycles. The number of anilines is 6. The van der Waals surface area contributed by atoms with E-state index in [4.69, 9.17) is 16.5 Å². The van der Waals surface area contributed by atoms with Crippen molar-refractivity contribution in [3.05, 3.63) is 61.4 Å². The maximum absolute atomic E-state index is 12.8. The van der Waals surface area contributed by atoms with Crippen LogP contribution >= 0.6 is 18.9 Å². The zero-order valence-corrected chi connectivity index (χ0v) is 25.7. The third kappa shape index (κ3) is 7.19. The molecule has 0 saturated carbocycles. The molecule has 3 aromatic rings. The smallest absolute Gasteiger partial charge is 0.247 e. The number of amides is 1. The molecular weight excluding hydrogens is 561 g/mol. The van der Waals surface area contributed by atoms with Crippen molar-refractivity contribution in [2.75, 3.05) is 67.6 Å². The predicted octanol–water partition coefficient (Wildman–Crippen LogP) is 5.42. The van der Waals surface area contributed by atoms with Crippen LogP contribution in [0, 0.1) is 0 Å². The second kappa shape index (κ2) is 12.9. The van der Waals surface area contributed by atoms with Crippen molar-refractivity contribution in [2.24, 2.45) is 0 Å². The van der Waals surface area contributed by atoms with Crippen LogP contribution in [-0.4, -0.2) is 74.4 Å². The summed E-state index contributed by atoms with van der Waals surface area (Å²) < 4.78 is 19.9. The number of rotatable bonds is 10. The van der Waals surface area contributed by atoms with E-state index in [-0.39, 0.29) is 5.91 Å². The van der Waals surface area contributed by atoms with Gasteiger partial charge in [-0.05, 0) is 64.5 Å². The van der Waals surface area contributed by atoms with Crippen LogP contribution < -0.4 is 30.0 Å². The van der Waals surface area contributed by atoms with Gasteiger partial charge in [-0.2, -0.15) is 0 Å². The number of aromatic nitrogens is 2. The minimum Gasteiger partial charge on any atom is -0.494 e. The number of halogens is 1. The molecule has 0 bridgehead atoms. The molecule has 2 N–H and O–H groups in total. The van der Waals surface area contributed by atoms with E-state index >= 15 is 0 Å². The number of benzene rings is 2. The van der Waals surface area contributed by atoms with Crippen molar-refractivity contribution in [2.45, 2.75) is 18.9 Å². The van der Waals surface area contributed by atoms with Gasteiger partial charge in [0.25, 0.3) is 0 Å². The van der Waals surface area contributed by atoms with E-state index in [9.17, 15) is 9.36 Å². The number of nitrogens with one attached hydrogen (secondary N) is 2. The van der Waals surface area contributed by atoms with E-state index in [2.05, 4.69) is 51.1 Å². The molecule has 41 heavy (non-hydrogen) atoms. The van der Waals surface area contributed by atoms with Crippen LogP contribution in [-0.2, 0) is 9.36 Å². The van der Waals surface area contributed by atoms with Gasteiger partial charge < -0.3 is 29.7 Å². The molecule has 0 radical (unpaired) electrons. The second-order valence-corrected chi connectivity index (χ2v) is 14.0. The number of para-hydroxylation sites is 1. The van der Waals surface area contributed by atoms with E-state index in [0.717, 1.165) is 31.6 Å². The fraction of sp³-hybridized carbons (Fsp3) is 0.345. The van der Waals surface area contributed by atoms with Gasteiger partial charge in [0, 0.05) is 42.3 Å². The van der Waals surface area contributed by atoms with Crippen molar-refractivity contribution in [1.82, 2.24) is 14.9 Å². The fourth-order valence-electron chi connectivity index (χ4n) is 4.81. The van der Waals surface area contributed by atoms with Crippen LogP contribution in [0.15, 0.2) is 61.4 Å². The highest BCUT2D eigenvalue weighted by molar-refractivity contribution is 7.70. The molecule has 1 aliphatic rings. The lowest BCUT2D eigenvalue weighted by atomic mass is 10.0. The average Bonchev–Trinajstić information content (AvgIpc) is 2.97. The number of carbonyl (C=O) groups is 1. The van der Waals surface area contributed by atoms with Crippen molar-refractivity contribution in [1.29, 1.82) is 0 Å². The van der Waals surface area contributed by atoms with Crippen LogP contribution in [0.4, 0.5) is 34.4 Å². The monoisotopic (exact) mass is 597 g/mol. The van der Waals surface area contributed by atoms with E-state index < -0.39 is 7.14 Å². The van der Waals surface area contributed by atoms with Gasteiger partial charge in [0.1, 0.15) is 12.9 Å². The summed E-state index contributed by atoms with van der Waals surface area (Å²) in [5.74, 6) is 0.572. The Morgan fingerprint density at radius 3 is 2.54 bits per heavy atom. The number of hydrogen-bond acceptors (Lipinski definition) is 9. The van der Waals surface area contributed by atoms with Gasteiger partial charge in [-0.15, -0.1) is 0 Å². The van der Waals surface area contributed by atoms with Crippen molar-refractivity contribution in [3.63, 3.8) is 0 Å². The number of methoxy groups -OCH3 is 1. The maximum atomic E-state index is 12.8. The lowest BCUT2D eigenvalue weighted by Gasteiger charge is -2.38. The van der Waals surface area contributed by atoms with E-state index in [1.54, 1.807) is 32.8 Å². The first-order valence-corrected chi connectivity index (χ1v) is 16.2. The lowest BCUT2D eigenvalue weighted by molar-refractivity contribution is -0.111. The van der Waals surface area contributed by atoms with Gasteiger partial charge in [-0.1, -0.05) is 18.7 Å². The first kappa shape index (κ1) is 30.4. The summed E-state index contributed by atoms with van der Waals surface area (Å²) in [6.07, 6.45) is 6.55. The van der Waals surface area contributed by atoms with E-state index in [0.29, 0.717) is 45.8 Å². The molecule has 1 atom stereocenters. The number of piperidine rings is 1. The van der Waals surface area contributed by atoms with Crippen molar-refractivity contribution >= 4 is 64.5 Å². The molecule has 1 aromatic heterocycles. The summed E-state index contributed by atoms with van der Waals surface area (Å²) >= 11 is 6.64. The highest BCUT2D eigenvalue weighted by Crippen LogP contribution is 2.41. The Bertz CT molecular complexity index is 1440. The highest BCUT2D eigenvalue weighted by atomic mass is 35.5. The molecule has 218 valence electrons. The van der Waals surface area contributed by atoms with Gasteiger partial charge in [-0.25, -0.2) is 14.4 Å². The van der Waals surface area contributed by atoms with Crippen LogP contribution in [0.5, 0.6) is 5.75 Å². The van der Waals surface area contributed by atoms with Gasteiger partial charge in [0.05, 0.1) is 47.9 Å². The zero-order chi connectivity index (χ0) is 29.7. The second-order valence-electron chi connectivity index (χ2n) is 10.5. The molecule has 1 fully saturated rings. The lowest BCUT2D eigenvalue weighted by Crippen LogP contribution is -2.45. The standard InChI is InChI=1S/C29H37ClN7O3P/c1-7-28(38)33-22-15-23(26(40-4)16-25(22)36-14-10-11-20(19-36)35(2)3)34-29-31-17-21(18-32-29)37(30)24-12-8-9-13-27(24)41(5,6)39/h7-9,12-13,15-18,20H,1,10-11,14,19H2,2-6H3,(H,33,38)(H,31,32,34). The number of nitrogens with zero attached hydrogens (tertiary/aromatic N) is 5. The average molecular weight is 598 g/mol. The van der Waals surface area contributed by atoms with Gasteiger partial charge in [0.15, 0.2) is 0 Å². The third-order valence-corrected chi connectivity index (χ3v) is 8.93. The Hall–Kier alpha value is -3.59. The molecule has 4 rings (SSSR count). The van der Waals surface area contributed by atoms with Crippen LogP contribution in [0.2, 0.25) is 0 Å². The number of likely N-dealkylation sites (N-methyl/N-ethyl adjacent to an activating group) is 1. The van der Waals surface area contributed by atoms with Crippen molar-refractivity contribution < 1.29 is 14.1 Å². The molecule has 10 nitrogen and oxygen atoms in total. The number of carbonyl (C=O) groups excluding carboxylic acids is 1. The molecular formula is C29H37ClN7O3P. The SMILES string of the molecule is C=CC(=O)Nc1cc(Nc2ncc(N(Cl)c3ccccc3P(C)(C)=O)cn2)c(OC)cc1N1CCCC(N(C)C)C1. The van der Waals surface area contributed by atoms with Gasteiger partial charge in [-0.3, -0.25) is 4.79 Å². The molecule has 1 unspecified atom stereocenters. The Morgan fingerprint density at radius 2 is 1.90 bits per heavy atom. The first-order valence-electron chi connectivity index (χ1n) is 13.3. The summed E-state index contributed by atoms with van der Waals surface area (Å²) in [6, 6.07) is 11.4. The Balaban J connectivity index is 1.63. The molecule has 1 saturated heterocycles. The van der Waals surface area contributed by atoms with Crippen LogP contribution in [0.1, 0.15) is 12.8 Å². The number of hydrogen-bond donors (Lipinski definition) is 2. The minimum atomic E-state index is -2.57. The van der Waals surface area contributed by atoms with Gasteiger partial charge in [0.2, 0.25) is 11.9 Å². The first-order chi connectivity index (χ1) is 19.5. The highest BCUT2D eigenvalue weighted by Gasteiger charge is 2.25. The molecule has 1 aliphatic heterocycles. The molecule has 12 heteroatoms. The summed E-state index contributed by atoms with van der Waals surface area (Å²) in [7, 11) is 3.20.